The molecule has 28 heavy (non-hydrogen) atoms. The summed E-state index contributed by atoms with van der Waals surface area (Å²) < 4.78 is 18.6. The number of nitrogens with zero attached hydrogens (tertiary/aromatic N) is 3. The van der Waals surface area contributed by atoms with Crippen molar-refractivity contribution < 1.29 is 14.2 Å². The predicted octanol–water partition coefficient (Wildman–Crippen LogP) is 3.26. The molecule has 3 aromatic rings. The molecule has 0 atom stereocenters. The minimum absolute atomic E-state index is 0.597. The van der Waals surface area contributed by atoms with E-state index in [0.29, 0.717) is 12.5 Å². The highest BCUT2D eigenvalue weighted by atomic mass is 16.5. The normalized spacial score (nSPS) is 14.8. The van der Waals surface area contributed by atoms with Gasteiger partial charge in [0.15, 0.2) is 0 Å². The topological polar surface area (TPSA) is 48.8 Å². The lowest BCUT2D eigenvalue weighted by atomic mass is 10.1. The van der Waals surface area contributed by atoms with Gasteiger partial charge in [-0.15, -0.1) is 5.10 Å². The second-order valence-electron chi connectivity index (χ2n) is 6.66. The van der Waals surface area contributed by atoms with Crippen LogP contribution in [-0.2, 0) is 4.74 Å². The second-order valence-corrected chi connectivity index (χ2v) is 6.66. The largest absolute Gasteiger partial charge is 0.497 e. The van der Waals surface area contributed by atoms with Crippen molar-refractivity contribution in [1.29, 1.82) is 0 Å². The minimum atomic E-state index is 0.597. The standard InChI is InChI=1S/C22H25N3O3/c1-26-20-9-7-19(8-10-20)25-17-21(18-5-3-2-4-6-18)22(23-25)28-16-13-24-11-14-27-15-12-24/h2-10,17H,11-16H2,1H3. The molecule has 0 saturated carbocycles. The highest BCUT2D eigenvalue weighted by Gasteiger charge is 2.15. The van der Waals surface area contributed by atoms with Crippen LogP contribution in [0.4, 0.5) is 0 Å². The van der Waals surface area contributed by atoms with Crippen molar-refractivity contribution in [3.63, 3.8) is 0 Å². The van der Waals surface area contributed by atoms with Gasteiger partial charge < -0.3 is 14.2 Å². The average molecular weight is 379 g/mol. The molecular weight excluding hydrogens is 354 g/mol. The van der Waals surface area contributed by atoms with E-state index in [0.717, 1.165) is 55.4 Å². The molecule has 0 aliphatic carbocycles. The van der Waals surface area contributed by atoms with Gasteiger partial charge in [0.1, 0.15) is 12.4 Å². The Morgan fingerprint density at radius 2 is 1.75 bits per heavy atom. The summed E-state index contributed by atoms with van der Waals surface area (Å²) in [5.41, 5.74) is 3.03. The van der Waals surface area contributed by atoms with Crippen LogP contribution in [0.3, 0.4) is 0 Å². The number of hydrogen-bond acceptors (Lipinski definition) is 5. The summed E-state index contributed by atoms with van der Waals surface area (Å²) in [6.45, 7) is 4.96. The van der Waals surface area contributed by atoms with E-state index >= 15 is 0 Å². The van der Waals surface area contributed by atoms with Gasteiger partial charge in [-0.1, -0.05) is 30.3 Å². The van der Waals surface area contributed by atoms with E-state index in [4.69, 9.17) is 19.3 Å². The van der Waals surface area contributed by atoms with Crippen molar-refractivity contribution in [2.75, 3.05) is 46.6 Å². The van der Waals surface area contributed by atoms with Gasteiger partial charge in [-0.3, -0.25) is 4.90 Å². The molecule has 1 saturated heterocycles. The molecular formula is C22H25N3O3. The highest BCUT2D eigenvalue weighted by Crippen LogP contribution is 2.30. The fourth-order valence-corrected chi connectivity index (χ4v) is 3.24. The fourth-order valence-electron chi connectivity index (χ4n) is 3.24. The molecule has 6 nitrogen and oxygen atoms in total. The molecule has 4 rings (SSSR count). The van der Waals surface area contributed by atoms with E-state index in [1.165, 1.54) is 0 Å². The third-order valence-electron chi connectivity index (χ3n) is 4.85. The van der Waals surface area contributed by atoms with Gasteiger partial charge in [-0.2, -0.15) is 0 Å². The van der Waals surface area contributed by atoms with Crippen molar-refractivity contribution >= 4 is 0 Å². The zero-order valence-electron chi connectivity index (χ0n) is 16.1. The Hall–Kier alpha value is -2.83. The number of hydrogen-bond donors (Lipinski definition) is 0. The van der Waals surface area contributed by atoms with Gasteiger partial charge >= 0.3 is 0 Å². The molecule has 0 bridgehead atoms. The first-order valence-corrected chi connectivity index (χ1v) is 9.56. The first-order valence-electron chi connectivity index (χ1n) is 9.56. The summed E-state index contributed by atoms with van der Waals surface area (Å²) in [4.78, 5) is 2.35. The molecule has 1 aliphatic heterocycles. The monoisotopic (exact) mass is 379 g/mol. The van der Waals surface area contributed by atoms with Crippen LogP contribution < -0.4 is 9.47 Å². The molecule has 0 N–H and O–H groups in total. The van der Waals surface area contributed by atoms with Crippen molar-refractivity contribution in [3.8, 4) is 28.4 Å². The quantitative estimate of drug-likeness (QED) is 0.631. The first kappa shape index (κ1) is 18.5. The van der Waals surface area contributed by atoms with Crippen LogP contribution in [0.5, 0.6) is 11.6 Å². The number of benzene rings is 2. The Morgan fingerprint density at radius 3 is 2.46 bits per heavy atom. The lowest BCUT2D eigenvalue weighted by Crippen LogP contribution is -2.38. The molecule has 6 heteroatoms. The maximum absolute atomic E-state index is 6.10. The van der Waals surface area contributed by atoms with Crippen LogP contribution in [0.1, 0.15) is 0 Å². The summed E-state index contributed by atoms with van der Waals surface area (Å²) in [7, 11) is 1.66. The minimum Gasteiger partial charge on any atom is -0.497 e. The molecule has 0 unspecified atom stereocenters. The molecule has 1 fully saturated rings. The SMILES string of the molecule is COc1ccc(-n2cc(-c3ccccc3)c(OCCN3CCOCC3)n2)cc1. The molecule has 1 aromatic heterocycles. The summed E-state index contributed by atoms with van der Waals surface area (Å²) in [5, 5.41) is 4.71. The summed E-state index contributed by atoms with van der Waals surface area (Å²) in [6, 6.07) is 18.0. The van der Waals surface area contributed by atoms with Gasteiger partial charge in [0.25, 0.3) is 0 Å². The molecule has 2 heterocycles. The van der Waals surface area contributed by atoms with Crippen LogP contribution >= 0.6 is 0 Å². The van der Waals surface area contributed by atoms with Crippen LogP contribution in [-0.4, -0.2) is 61.2 Å². The van der Waals surface area contributed by atoms with E-state index in [2.05, 4.69) is 17.0 Å². The van der Waals surface area contributed by atoms with E-state index in [9.17, 15) is 0 Å². The Morgan fingerprint density at radius 1 is 1.00 bits per heavy atom. The predicted molar refractivity (Wildman–Crippen MR) is 108 cm³/mol. The molecule has 1 aliphatic rings. The fraction of sp³-hybridized carbons (Fsp3) is 0.318. The zero-order chi connectivity index (χ0) is 19.2. The number of morpholine rings is 1. The number of ether oxygens (including phenoxy) is 3. The van der Waals surface area contributed by atoms with Crippen molar-refractivity contribution in [3.05, 3.63) is 60.8 Å². The average Bonchev–Trinajstić information content (AvgIpc) is 3.19. The third-order valence-corrected chi connectivity index (χ3v) is 4.85. The zero-order valence-corrected chi connectivity index (χ0v) is 16.1. The third kappa shape index (κ3) is 4.35. The Labute approximate surface area is 165 Å². The Kier molecular flexibility index (Phi) is 5.89. The molecule has 0 amide bonds. The van der Waals surface area contributed by atoms with Gasteiger partial charge in [0.2, 0.25) is 5.88 Å². The molecule has 0 radical (unpaired) electrons. The molecule has 146 valence electrons. The smallest absolute Gasteiger partial charge is 0.241 e. The lowest BCUT2D eigenvalue weighted by molar-refractivity contribution is 0.0320. The van der Waals surface area contributed by atoms with Crippen LogP contribution in [0, 0.1) is 0 Å². The van der Waals surface area contributed by atoms with Crippen LogP contribution in [0.2, 0.25) is 0 Å². The van der Waals surface area contributed by atoms with E-state index < -0.39 is 0 Å². The first-order chi connectivity index (χ1) is 13.8. The van der Waals surface area contributed by atoms with Gasteiger partial charge in [-0.05, 0) is 29.8 Å². The van der Waals surface area contributed by atoms with E-state index in [1.54, 1.807) is 7.11 Å². The molecule has 2 aromatic carbocycles. The Bertz CT molecular complexity index is 872. The summed E-state index contributed by atoms with van der Waals surface area (Å²) in [5.74, 6) is 1.47. The van der Waals surface area contributed by atoms with E-state index in [-0.39, 0.29) is 0 Å². The number of aromatic nitrogens is 2. The van der Waals surface area contributed by atoms with Gasteiger partial charge in [-0.25, -0.2) is 4.68 Å². The number of methoxy groups -OCH3 is 1. The summed E-state index contributed by atoms with van der Waals surface area (Å²) in [6.07, 6.45) is 2.02. The van der Waals surface area contributed by atoms with Crippen LogP contribution in [0.25, 0.3) is 16.8 Å². The lowest BCUT2D eigenvalue weighted by Gasteiger charge is -2.26. The van der Waals surface area contributed by atoms with Gasteiger partial charge in [0.05, 0.1) is 31.6 Å². The maximum atomic E-state index is 6.10. The van der Waals surface area contributed by atoms with Crippen LogP contribution in [0.15, 0.2) is 60.8 Å². The maximum Gasteiger partial charge on any atom is 0.241 e. The van der Waals surface area contributed by atoms with Crippen molar-refractivity contribution in [1.82, 2.24) is 14.7 Å². The Balaban J connectivity index is 1.55. The number of rotatable bonds is 7. The summed E-state index contributed by atoms with van der Waals surface area (Å²) >= 11 is 0. The molecule has 0 spiro atoms. The van der Waals surface area contributed by atoms with Crippen molar-refractivity contribution in [2.45, 2.75) is 0 Å². The highest BCUT2D eigenvalue weighted by molar-refractivity contribution is 5.68. The van der Waals surface area contributed by atoms with E-state index in [1.807, 2.05) is 53.3 Å². The van der Waals surface area contributed by atoms with Gasteiger partial charge in [0, 0.05) is 25.8 Å². The van der Waals surface area contributed by atoms with Crippen molar-refractivity contribution in [2.24, 2.45) is 0 Å². The second kappa shape index (κ2) is 8.91.